The van der Waals surface area contributed by atoms with Crippen molar-refractivity contribution < 1.29 is 0 Å². The molecule has 1 aliphatic heterocycles. The molecule has 0 radical (unpaired) electrons. The molecule has 0 saturated heterocycles. The van der Waals surface area contributed by atoms with E-state index in [0.717, 1.165) is 23.2 Å². The highest BCUT2D eigenvalue weighted by molar-refractivity contribution is 5.34. The van der Waals surface area contributed by atoms with Crippen LogP contribution >= 0.6 is 0 Å². The SMILES string of the molecule is O=c1[nH][nH]c(=O)n1Cc1ccc2c(c1)CNC2. The molecule has 6 heteroatoms. The van der Waals surface area contributed by atoms with Gasteiger partial charge in [-0.3, -0.25) is 0 Å². The topological polar surface area (TPSA) is 82.7 Å². The quantitative estimate of drug-likeness (QED) is 0.653. The summed E-state index contributed by atoms with van der Waals surface area (Å²) in [5.41, 5.74) is 2.66. The molecule has 0 fully saturated rings. The second-order valence-corrected chi connectivity index (χ2v) is 4.15. The van der Waals surface area contributed by atoms with Crippen molar-refractivity contribution in [2.45, 2.75) is 19.6 Å². The normalized spacial score (nSPS) is 13.9. The Kier molecular flexibility index (Phi) is 2.22. The standard InChI is InChI=1S/C11H12N4O2/c16-10-13-14-11(17)15(10)6-7-1-2-8-4-12-5-9(8)3-7/h1-3,12H,4-6H2,(H,13,16)(H,14,17). The van der Waals surface area contributed by atoms with Gasteiger partial charge in [0.1, 0.15) is 0 Å². The van der Waals surface area contributed by atoms with Crippen molar-refractivity contribution in [3.05, 3.63) is 55.9 Å². The molecule has 3 rings (SSSR count). The summed E-state index contributed by atoms with van der Waals surface area (Å²) in [6.45, 7) is 2.03. The van der Waals surface area contributed by atoms with Gasteiger partial charge in [0.15, 0.2) is 0 Å². The molecule has 88 valence electrons. The lowest BCUT2D eigenvalue weighted by Crippen LogP contribution is -2.27. The first-order valence-electron chi connectivity index (χ1n) is 5.43. The fraction of sp³-hybridized carbons (Fsp3) is 0.273. The van der Waals surface area contributed by atoms with Gasteiger partial charge in [-0.05, 0) is 16.7 Å². The average Bonchev–Trinajstić information content (AvgIpc) is 2.90. The van der Waals surface area contributed by atoms with E-state index in [0.29, 0.717) is 6.54 Å². The molecular weight excluding hydrogens is 220 g/mol. The molecule has 1 aliphatic rings. The molecule has 0 spiro atoms. The van der Waals surface area contributed by atoms with Crippen molar-refractivity contribution in [2.75, 3.05) is 0 Å². The predicted octanol–water partition coefficient (Wildman–Crippen LogP) is -0.484. The highest BCUT2D eigenvalue weighted by Gasteiger charge is 2.11. The number of fused-ring (bicyclic) bond motifs is 1. The van der Waals surface area contributed by atoms with Gasteiger partial charge in [-0.2, -0.15) is 0 Å². The minimum atomic E-state index is -0.409. The molecule has 1 aromatic heterocycles. The summed E-state index contributed by atoms with van der Waals surface area (Å²) in [7, 11) is 0. The van der Waals surface area contributed by atoms with Crippen molar-refractivity contribution in [1.29, 1.82) is 0 Å². The van der Waals surface area contributed by atoms with Gasteiger partial charge in [0.2, 0.25) is 0 Å². The maximum absolute atomic E-state index is 11.3. The van der Waals surface area contributed by atoms with E-state index >= 15 is 0 Å². The van der Waals surface area contributed by atoms with Crippen molar-refractivity contribution in [3.63, 3.8) is 0 Å². The Morgan fingerprint density at radius 2 is 1.76 bits per heavy atom. The Bertz CT molecular complexity index is 637. The van der Waals surface area contributed by atoms with Crippen LogP contribution in [0.1, 0.15) is 16.7 Å². The number of aromatic nitrogens is 3. The van der Waals surface area contributed by atoms with Crippen LogP contribution in [0, 0.1) is 0 Å². The van der Waals surface area contributed by atoms with Crippen LogP contribution in [0.15, 0.2) is 27.8 Å². The Hall–Kier alpha value is -2.08. The van der Waals surface area contributed by atoms with Gasteiger partial charge in [0.05, 0.1) is 6.54 Å². The van der Waals surface area contributed by atoms with Crippen LogP contribution in [0.3, 0.4) is 0 Å². The molecule has 0 amide bonds. The summed E-state index contributed by atoms with van der Waals surface area (Å²) < 4.78 is 1.14. The van der Waals surface area contributed by atoms with Gasteiger partial charge in [0.25, 0.3) is 0 Å². The fourth-order valence-electron chi connectivity index (χ4n) is 2.11. The summed E-state index contributed by atoms with van der Waals surface area (Å²) in [6, 6.07) is 6.02. The maximum atomic E-state index is 11.3. The highest BCUT2D eigenvalue weighted by Crippen LogP contribution is 2.17. The number of hydrogen-bond donors (Lipinski definition) is 3. The Labute approximate surface area is 96.3 Å². The second kappa shape index (κ2) is 3.74. The molecule has 0 atom stereocenters. The van der Waals surface area contributed by atoms with E-state index in [-0.39, 0.29) is 0 Å². The van der Waals surface area contributed by atoms with Crippen molar-refractivity contribution >= 4 is 0 Å². The minimum Gasteiger partial charge on any atom is -0.309 e. The monoisotopic (exact) mass is 232 g/mol. The van der Waals surface area contributed by atoms with E-state index in [2.05, 4.69) is 15.5 Å². The predicted molar refractivity (Wildman–Crippen MR) is 61.8 cm³/mol. The van der Waals surface area contributed by atoms with E-state index in [1.165, 1.54) is 11.1 Å². The molecule has 0 bridgehead atoms. The van der Waals surface area contributed by atoms with Crippen LogP contribution < -0.4 is 16.7 Å². The summed E-state index contributed by atoms with van der Waals surface area (Å²) in [5.74, 6) is 0. The number of H-pyrrole nitrogens is 2. The first-order chi connectivity index (χ1) is 8.24. The highest BCUT2D eigenvalue weighted by atomic mass is 16.2. The zero-order valence-corrected chi connectivity index (χ0v) is 9.12. The Balaban J connectivity index is 1.96. The van der Waals surface area contributed by atoms with Gasteiger partial charge in [0, 0.05) is 13.1 Å². The molecule has 0 unspecified atom stereocenters. The molecule has 2 aromatic rings. The third-order valence-corrected chi connectivity index (χ3v) is 3.01. The van der Waals surface area contributed by atoms with E-state index < -0.39 is 11.4 Å². The molecule has 1 aromatic carbocycles. The van der Waals surface area contributed by atoms with Crippen molar-refractivity contribution in [2.24, 2.45) is 0 Å². The molecule has 6 nitrogen and oxygen atoms in total. The second-order valence-electron chi connectivity index (χ2n) is 4.15. The number of aromatic amines is 2. The largest absolute Gasteiger partial charge is 0.344 e. The minimum absolute atomic E-state index is 0.297. The van der Waals surface area contributed by atoms with E-state index in [1.807, 2.05) is 18.2 Å². The van der Waals surface area contributed by atoms with Gasteiger partial charge >= 0.3 is 11.4 Å². The molecule has 0 aliphatic carbocycles. The van der Waals surface area contributed by atoms with E-state index in [1.54, 1.807) is 0 Å². The van der Waals surface area contributed by atoms with E-state index in [4.69, 9.17) is 0 Å². The Morgan fingerprint density at radius 3 is 2.53 bits per heavy atom. The lowest BCUT2D eigenvalue weighted by molar-refractivity contribution is 0.732. The maximum Gasteiger partial charge on any atom is 0.344 e. The van der Waals surface area contributed by atoms with Gasteiger partial charge in [-0.15, -0.1) is 0 Å². The molecular formula is C11H12N4O2. The van der Waals surface area contributed by atoms with Crippen LogP contribution in [-0.2, 0) is 19.6 Å². The van der Waals surface area contributed by atoms with Crippen LogP contribution in [0.2, 0.25) is 0 Å². The van der Waals surface area contributed by atoms with Gasteiger partial charge in [-0.25, -0.2) is 24.4 Å². The lowest BCUT2D eigenvalue weighted by Gasteiger charge is -2.03. The third kappa shape index (κ3) is 1.72. The van der Waals surface area contributed by atoms with Crippen LogP contribution in [0.4, 0.5) is 0 Å². The molecule has 17 heavy (non-hydrogen) atoms. The van der Waals surface area contributed by atoms with Gasteiger partial charge < -0.3 is 5.32 Å². The molecule has 0 saturated carbocycles. The average molecular weight is 232 g/mol. The lowest BCUT2D eigenvalue weighted by atomic mass is 10.1. The third-order valence-electron chi connectivity index (χ3n) is 3.01. The number of nitrogens with one attached hydrogen (secondary N) is 3. The zero-order valence-electron chi connectivity index (χ0n) is 9.12. The summed E-state index contributed by atoms with van der Waals surface area (Å²) in [4.78, 5) is 22.7. The van der Waals surface area contributed by atoms with Crippen LogP contribution in [-0.4, -0.2) is 14.8 Å². The smallest absolute Gasteiger partial charge is 0.309 e. The van der Waals surface area contributed by atoms with Crippen molar-refractivity contribution in [3.8, 4) is 0 Å². The fourth-order valence-corrected chi connectivity index (χ4v) is 2.11. The first kappa shape index (κ1) is 10.1. The number of benzene rings is 1. The van der Waals surface area contributed by atoms with Crippen LogP contribution in [0.25, 0.3) is 0 Å². The zero-order chi connectivity index (χ0) is 11.8. The molecule has 2 heterocycles. The summed E-state index contributed by atoms with van der Waals surface area (Å²) in [6.07, 6.45) is 0. The molecule has 3 N–H and O–H groups in total. The summed E-state index contributed by atoms with van der Waals surface area (Å²) in [5, 5.41) is 7.79. The van der Waals surface area contributed by atoms with Gasteiger partial charge in [-0.1, -0.05) is 18.2 Å². The first-order valence-corrected chi connectivity index (χ1v) is 5.43. The summed E-state index contributed by atoms with van der Waals surface area (Å²) >= 11 is 0. The van der Waals surface area contributed by atoms with E-state index in [9.17, 15) is 9.59 Å². The number of hydrogen-bond acceptors (Lipinski definition) is 3. The number of nitrogens with zero attached hydrogens (tertiary/aromatic N) is 1. The number of rotatable bonds is 2. The van der Waals surface area contributed by atoms with Crippen LogP contribution in [0.5, 0.6) is 0 Å². The Morgan fingerprint density at radius 1 is 1.06 bits per heavy atom. The van der Waals surface area contributed by atoms with Crippen molar-refractivity contribution in [1.82, 2.24) is 20.1 Å².